The molecule has 4 atom stereocenters. The maximum Gasteiger partial charge on any atom is 0.317 e. The van der Waals surface area contributed by atoms with Gasteiger partial charge < -0.3 is 19.3 Å². The molecule has 1 aliphatic carbocycles. The average molecular weight is 545 g/mol. The van der Waals surface area contributed by atoms with Crippen LogP contribution >= 0.6 is 27.5 Å². The molecular weight excluding hydrogens is 526 g/mol. The minimum absolute atomic E-state index is 0.0275. The van der Waals surface area contributed by atoms with Crippen LogP contribution in [0.15, 0.2) is 65.1 Å². The highest BCUT2D eigenvalue weighted by molar-refractivity contribution is 9.10. The van der Waals surface area contributed by atoms with E-state index in [4.69, 9.17) is 25.8 Å². The highest BCUT2D eigenvalue weighted by Gasteiger charge is 2.79. The molecule has 0 unspecified atom stereocenters. The van der Waals surface area contributed by atoms with Crippen LogP contribution in [0.2, 0.25) is 5.15 Å². The molecule has 1 aromatic heterocycles. The Hall–Kier alpha value is -2.94. The first kappa shape index (κ1) is 22.8. The summed E-state index contributed by atoms with van der Waals surface area (Å²) < 4.78 is 17.8. The number of halogens is 2. The minimum Gasteiger partial charge on any atom is -0.481 e. The standard InChI is InChI=1S/C25H19BrClNO6/c1-32-22-20-16(12-17(27)28-22)34-25(14-8-10-15(26)11-9-14)19(13-6-4-3-5-7-13)18(23(30)33-2)21(29)24(20,25)31/h3-12,18-19,31H,1-2H3/t18-,19-,24+,25+/m1/s1. The van der Waals surface area contributed by atoms with Crippen molar-refractivity contribution >= 4 is 39.3 Å². The quantitative estimate of drug-likeness (QED) is 0.300. The van der Waals surface area contributed by atoms with Crippen LogP contribution in [0.3, 0.4) is 0 Å². The summed E-state index contributed by atoms with van der Waals surface area (Å²) >= 11 is 9.62. The first-order chi connectivity index (χ1) is 16.3. The van der Waals surface area contributed by atoms with Crippen molar-refractivity contribution in [2.24, 2.45) is 5.92 Å². The monoisotopic (exact) mass is 543 g/mol. The number of carbonyl (C=O) groups excluding carboxylic acids is 2. The molecule has 5 rings (SSSR count). The fraction of sp³-hybridized carbons (Fsp3) is 0.240. The van der Waals surface area contributed by atoms with E-state index in [2.05, 4.69) is 20.9 Å². The van der Waals surface area contributed by atoms with E-state index in [0.29, 0.717) is 11.1 Å². The summed E-state index contributed by atoms with van der Waals surface area (Å²) in [5.74, 6) is -3.73. The molecule has 174 valence electrons. The summed E-state index contributed by atoms with van der Waals surface area (Å²) in [5.41, 5.74) is -2.91. The molecule has 0 saturated heterocycles. The van der Waals surface area contributed by atoms with Crippen molar-refractivity contribution in [2.45, 2.75) is 17.1 Å². The van der Waals surface area contributed by atoms with Gasteiger partial charge in [0.1, 0.15) is 16.8 Å². The number of rotatable bonds is 4. The van der Waals surface area contributed by atoms with Crippen molar-refractivity contribution in [2.75, 3.05) is 14.2 Å². The van der Waals surface area contributed by atoms with Crippen LogP contribution in [0, 0.1) is 5.92 Å². The summed E-state index contributed by atoms with van der Waals surface area (Å²) in [5, 5.41) is 12.5. The number of hydrogen-bond acceptors (Lipinski definition) is 7. The van der Waals surface area contributed by atoms with E-state index in [-0.39, 0.29) is 22.3 Å². The molecule has 2 aliphatic rings. The van der Waals surface area contributed by atoms with Gasteiger partial charge in [-0.25, -0.2) is 4.98 Å². The molecule has 3 aromatic rings. The topological polar surface area (TPSA) is 95.0 Å². The summed E-state index contributed by atoms with van der Waals surface area (Å²) in [4.78, 5) is 31.3. The third kappa shape index (κ3) is 2.88. The van der Waals surface area contributed by atoms with E-state index >= 15 is 0 Å². The molecule has 0 spiro atoms. The van der Waals surface area contributed by atoms with E-state index in [1.165, 1.54) is 20.3 Å². The molecule has 7 nitrogen and oxygen atoms in total. The number of methoxy groups -OCH3 is 2. The number of nitrogens with zero attached hydrogens (tertiary/aromatic N) is 1. The van der Waals surface area contributed by atoms with Gasteiger partial charge in [-0.3, -0.25) is 9.59 Å². The van der Waals surface area contributed by atoms with Crippen LogP contribution in [0.5, 0.6) is 11.6 Å². The number of pyridine rings is 1. The smallest absolute Gasteiger partial charge is 0.317 e. The van der Waals surface area contributed by atoms with E-state index in [1.54, 1.807) is 48.5 Å². The first-order valence-corrected chi connectivity index (χ1v) is 11.6. The molecule has 2 heterocycles. The summed E-state index contributed by atoms with van der Waals surface area (Å²) in [6.07, 6.45) is 0. The lowest BCUT2D eigenvalue weighted by molar-refractivity contribution is -0.155. The summed E-state index contributed by atoms with van der Waals surface area (Å²) in [6.45, 7) is 0. The first-order valence-electron chi connectivity index (χ1n) is 10.4. The van der Waals surface area contributed by atoms with E-state index < -0.39 is 34.8 Å². The Labute approximate surface area is 208 Å². The molecule has 0 radical (unpaired) electrons. The largest absolute Gasteiger partial charge is 0.481 e. The summed E-state index contributed by atoms with van der Waals surface area (Å²) in [6, 6.07) is 17.4. The van der Waals surface area contributed by atoms with Gasteiger partial charge in [-0.2, -0.15) is 0 Å². The number of Topliss-reactive ketones (excluding diaryl/α,β-unsaturated/α-hetero) is 1. The number of hydrogen-bond donors (Lipinski definition) is 1. The molecule has 0 amide bonds. The highest BCUT2D eigenvalue weighted by Crippen LogP contribution is 2.68. The fourth-order valence-corrected chi connectivity index (χ4v) is 5.71. The second-order valence-electron chi connectivity index (χ2n) is 8.14. The fourth-order valence-electron chi connectivity index (χ4n) is 5.27. The van der Waals surface area contributed by atoms with Crippen LogP contribution in [0.4, 0.5) is 0 Å². The van der Waals surface area contributed by atoms with Gasteiger partial charge in [0.15, 0.2) is 11.4 Å². The summed E-state index contributed by atoms with van der Waals surface area (Å²) in [7, 11) is 2.56. The van der Waals surface area contributed by atoms with Crippen LogP contribution in [0.1, 0.15) is 22.6 Å². The molecule has 1 fully saturated rings. The normalized spacial score (nSPS) is 27.0. The second-order valence-corrected chi connectivity index (χ2v) is 9.44. The van der Waals surface area contributed by atoms with Crippen molar-refractivity contribution in [3.63, 3.8) is 0 Å². The third-order valence-electron chi connectivity index (χ3n) is 6.58. The SMILES string of the molecule is COC(=O)[C@H]1C(=O)[C@@]2(O)c3c(cc(Cl)nc3OC)O[C@@]2(c2ccc(Br)cc2)[C@@H]1c1ccccc1. The zero-order valence-corrected chi connectivity index (χ0v) is 20.5. The van der Waals surface area contributed by atoms with Crippen LogP contribution < -0.4 is 9.47 Å². The Kier molecular flexibility index (Phi) is 5.42. The Morgan fingerprint density at radius 2 is 1.82 bits per heavy atom. The number of ether oxygens (including phenoxy) is 3. The van der Waals surface area contributed by atoms with Crippen molar-refractivity contribution in [1.29, 1.82) is 0 Å². The third-order valence-corrected chi connectivity index (χ3v) is 7.30. The number of aliphatic hydroxyl groups is 1. The molecular formula is C25H19BrClNO6. The number of carbonyl (C=O) groups is 2. The van der Waals surface area contributed by atoms with Crippen molar-refractivity contribution in [1.82, 2.24) is 4.98 Å². The molecule has 1 saturated carbocycles. The average Bonchev–Trinajstić information content (AvgIpc) is 3.21. The zero-order chi connectivity index (χ0) is 24.3. The Bertz CT molecular complexity index is 1300. The van der Waals surface area contributed by atoms with Gasteiger partial charge in [0.2, 0.25) is 11.5 Å². The van der Waals surface area contributed by atoms with Gasteiger partial charge >= 0.3 is 5.97 Å². The molecule has 34 heavy (non-hydrogen) atoms. The van der Waals surface area contributed by atoms with Gasteiger partial charge in [-0.1, -0.05) is 70.0 Å². The van der Waals surface area contributed by atoms with Gasteiger partial charge in [-0.15, -0.1) is 0 Å². The lowest BCUT2D eigenvalue weighted by atomic mass is 9.71. The second kappa shape index (κ2) is 8.08. The van der Waals surface area contributed by atoms with Gasteiger partial charge in [-0.05, 0) is 23.3 Å². The lowest BCUT2D eigenvalue weighted by Crippen LogP contribution is -2.50. The number of benzene rings is 2. The van der Waals surface area contributed by atoms with E-state index in [9.17, 15) is 14.7 Å². The Morgan fingerprint density at radius 1 is 1.15 bits per heavy atom. The van der Waals surface area contributed by atoms with Crippen molar-refractivity contribution in [3.05, 3.63) is 87.0 Å². The minimum atomic E-state index is -2.32. The van der Waals surface area contributed by atoms with Crippen LogP contribution in [0.25, 0.3) is 0 Å². The van der Waals surface area contributed by atoms with Gasteiger partial charge in [0, 0.05) is 10.5 Å². The lowest BCUT2D eigenvalue weighted by Gasteiger charge is -2.39. The van der Waals surface area contributed by atoms with E-state index in [0.717, 1.165) is 4.47 Å². The number of ketones is 1. The number of esters is 1. The predicted octanol–water partition coefficient (Wildman–Crippen LogP) is 4.14. The number of aromatic nitrogens is 1. The zero-order valence-electron chi connectivity index (χ0n) is 18.1. The van der Waals surface area contributed by atoms with Crippen LogP contribution in [-0.2, 0) is 25.5 Å². The van der Waals surface area contributed by atoms with Crippen molar-refractivity contribution in [3.8, 4) is 11.6 Å². The molecule has 9 heteroatoms. The Balaban J connectivity index is 1.91. The van der Waals surface area contributed by atoms with Crippen LogP contribution in [-0.4, -0.2) is 36.1 Å². The molecule has 2 aromatic carbocycles. The van der Waals surface area contributed by atoms with E-state index in [1.807, 2.05) is 6.07 Å². The Morgan fingerprint density at radius 3 is 2.44 bits per heavy atom. The molecule has 1 aliphatic heterocycles. The number of fused-ring (bicyclic) bond motifs is 3. The maximum absolute atomic E-state index is 14.1. The van der Waals surface area contributed by atoms with Gasteiger partial charge in [0.05, 0.1) is 25.7 Å². The van der Waals surface area contributed by atoms with Crippen molar-refractivity contribution < 1.29 is 28.9 Å². The van der Waals surface area contributed by atoms with Gasteiger partial charge in [0.25, 0.3) is 0 Å². The highest BCUT2D eigenvalue weighted by atomic mass is 79.9. The predicted molar refractivity (Wildman–Crippen MR) is 126 cm³/mol. The maximum atomic E-state index is 14.1. The molecule has 1 N–H and O–H groups in total. The molecule has 0 bridgehead atoms.